The lowest BCUT2D eigenvalue weighted by atomic mass is 10.2. The van der Waals surface area contributed by atoms with Gasteiger partial charge in [0.1, 0.15) is 11.6 Å². The number of rotatable bonds is 6. The van der Waals surface area contributed by atoms with Gasteiger partial charge in [-0.2, -0.15) is 10.5 Å². The van der Waals surface area contributed by atoms with E-state index in [-0.39, 0.29) is 5.82 Å². The van der Waals surface area contributed by atoms with Crippen LogP contribution in [0.2, 0.25) is 5.02 Å². The lowest BCUT2D eigenvalue weighted by Gasteiger charge is -2.09. The standard InChI is InChI=1S/C17H13ClN6S/c18-14-5-3-4-12(8-14)11-25-16-7-2-1-6-15(16)20-10-13(9-19)17-21-23-24-22-17/h1-8,10,20H,11H2,(H,21,22,23,24). The predicted octanol–water partition coefficient (Wildman–Crippen LogP) is 4.12. The van der Waals surface area contributed by atoms with Crippen LogP contribution in [0.25, 0.3) is 5.57 Å². The fourth-order valence-corrected chi connectivity index (χ4v) is 3.24. The van der Waals surface area contributed by atoms with Crippen LogP contribution in [0.15, 0.2) is 59.6 Å². The summed E-state index contributed by atoms with van der Waals surface area (Å²) in [5.74, 6) is 1.04. The minimum absolute atomic E-state index is 0.249. The van der Waals surface area contributed by atoms with Gasteiger partial charge >= 0.3 is 0 Å². The van der Waals surface area contributed by atoms with E-state index in [9.17, 15) is 5.26 Å². The number of thioether (sulfide) groups is 1. The van der Waals surface area contributed by atoms with E-state index in [1.54, 1.807) is 18.0 Å². The van der Waals surface area contributed by atoms with Crippen molar-refractivity contribution < 1.29 is 0 Å². The van der Waals surface area contributed by atoms with E-state index >= 15 is 0 Å². The van der Waals surface area contributed by atoms with Crippen molar-refractivity contribution in [3.8, 4) is 6.07 Å². The van der Waals surface area contributed by atoms with Crippen molar-refractivity contribution in [2.75, 3.05) is 5.32 Å². The lowest BCUT2D eigenvalue weighted by Crippen LogP contribution is -1.94. The summed E-state index contributed by atoms with van der Waals surface area (Å²) in [5.41, 5.74) is 2.33. The maximum Gasteiger partial charge on any atom is 0.216 e. The normalized spacial score (nSPS) is 11.1. The van der Waals surface area contributed by atoms with Crippen LogP contribution in [0.5, 0.6) is 0 Å². The van der Waals surface area contributed by atoms with E-state index in [0.29, 0.717) is 5.57 Å². The van der Waals surface area contributed by atoms with E-state index < -0.39 is 0 Å². The summed E-state index contributed by atoms with van der Waals surface area (Å²) in [7, 11) is 0. The summed E-state index contributed by atoms with van der Waals surface area (Å²) in [5, 5.41) is 26.5. The van der Waals surface area contributed by atoms with Gasteiger partial charge in [-0.25, -0.2) is 0 Å². The van der Waals surface area contributed by atoms with Gasteiger partial charge in [0, 0.05) is 21.9 Å². The highest BCUT2D eigenvalue weighted by Crippen LogP contribution is 2.30. The Morgan fingerprint density at radius 3 is 2.92 bits per heavy atom. The molecule has 0 atom stereocenters. The first-order valence-corrected chi connectivity index (χ1v) is 8.69. The van der Waals surface area contributed by atoms with Crippen molar-refractivity contribution in [3.05, 3.63) is 71.1 Å². The van der Waals surface area contributed by atoms with Crippen LogP contribution in [0, 0.1) is 11.3 Å². The number of halogens is 1. The van der Waals surface area contributed by atoms with E-state index in [2.05, 4.69) is 32.0 Å². The predicted molar refractivity (Wildman–Crippen MR) is 98.8 cm³/mol. The van der Waals surface area contributed by atoms with Crippen LogP contribution in [-0.4, -0.2) is 20.6 Å². The molecule has 3 rings (SSSR count). The zero-order chi connectivity index (χ0) is 17.5. The second-order valence-electron chi connectivity index (χ2n) is 4.96. The number of anilines is 1. The summed E-state index contributed by atoms with van der Waals surface area (Å²) >= 11 is 7.71. The van der Waals surface area contributed by atoms with E-state index in [4.69, 9.17) is 11.6 Å². The molecule has 1 aromatic heterocycles. The molecule has 0 aliphatic rings. The molecule has 25 heavy (non-hydrogen) atoms. The second-order valence-corrected chi connectivity index (χ2v) is 6.42. The quantitative estimate of drug-likeness (QED) is 0.502. The molecule has 0 radical (unpaired) electrons. The highest BCUT2D eigenvalue weighted by molar-refractivity contribution is 7.98. The molecule has 0 saturated carbocycles. The molecular weight excluding hydrogens is 356 g/mol. The van der Waals surface area contributed by atoms with E-state index in [1.807, 2.05) is 48.5 Å². The zero-order valence-electron chi connectivity index (χ0n) is 13.0. The monoisotopic (exact) mass is 368 g/mol. The van der Waals surface area contributed by atoms with Crippen molar-refractivity contribution in [1.29, 1.82) is 5.26 Å². The summed E-state index contributed by atoms with van der Waals surface area (Å²) < 4.78 is 0. The molecule has 0 amide bonds. The molecule has 0 spiro atoms. The number of nitrogens with one attached hydrogen (secondary N) is 2. The third-order valence-corrected chi connectivity index (χ3v) is 4.63. The fourth-order valence-electron chi connectivity index (χ4n) is 2.07. The second kappa shape index (κ2) is 8.33. The van der Waals surface area contributed by atoms with Crippen molar-refractivity contribution in [2.45, 2.75) is 10.6 Å². The Bertz CT molecular complexity index is 917. The third-order valence-electron chi connectivity index (χ3n) is 3.25. The molecule has 0 aliphatic carbocycles. The highest BCUT2D eigenvalue weighted by atomic mass is 35.5. The molecule has 1 heterocycles. The van der Waals surface area contributed by atoms with Gasteiger partial charge in [0.2, 0.25) is 5.82 Å². The molecule has 2 aromatic carbocycles. The Kier molecular flexibility index (Phi) is 5.67. The molecule has 2 N–H and O–H groups in total. The minimum Gasteiger partial charge on any atom is -0.359 e. The van der Waals surface area contributed by atoms with Crippen LogP contribution in [0.4, 0.5) is 5.69 Å². The molecule has 0 saturated heterocycles. The minimum atomic E-state index is 0.249. The number of para-hydroxylation sites is 1. The molecule has 0 fully saturated rings. The van der Waals surface area contributed by atoms with E-state index in [1.165, 1.54) is 0 Å². The number of hydrogen-bond acceptors (Lipinski definition) is 6. The van der Waals surface area contributed by atoms with Crippen molar-refractivity contribution in [2.24, 2.45) is 0 Å². The number of nitrogens with zero attached hydrogens (tertiary/aromatic N) is 4. The largest absolute Gasteiger partial charge is 0.359 e. The van der Waals surface area contributed by atoms with Gasteiger partial charge in [0.15, 0.2) is 0 Å². The number of benzene rings is 2. The third kappa shape index (κ3) is 4.59. The average Bonchev–Trinajstić information content (AvgIpc) is 3.16. The Morgan fingerprint density at radius 2 is 2.16 bits per heavy atom. The van der Waals surface area contributed by atoms with Gasteiger partial charge in [-0.3, -0.25) is 0 Å². The summed E-state index contributed by atoms with van der Waals surface area (Å²) in [4.78, 5) is 1.06. The molecule has 6 nitrogen and oxygen atoms in total. The molecule has 8 heteroatoms. The number of allylic oxidation sites excluding steroid dienone is 1. The molecule has 0 unspecified atom stereocenters. The molecule has 3 aromatic rings. The molecule has 0 bridgehead atoms. The van der Waals surface area contributed by atoms with Crippen LogP contribution in [0.3, 0.4) is 0 Å². The van der Waals surface area contributed by atoms with E-state index in [0.717, 1.165) is 26.9 Å². The maximum absolute atomic E-state index is 9.23. The molecule has 0 aliphatic heterocycles. The van der Waals surface area contributed by atoms with Crippen LogP contribution in [0.1, 0.15) is 11.4 Å². The molecule has 124 valence electrons. The average molecular weight is 369 g/mol. The Morgan fingerprint density at radius 1 is 1.28 bits per heavy atom. The number of H-pyrrole nitrogens is 1. The summed E-state index contributed by atoms with van der Waals surface area (Å²) in [6.07, 6.45) is 1.57. The lowest BCUT2D eigenvalue weighted by molar-refractivity contribution is 0.881. The summed E-state index contributed by atoms with van der Waals surface area (Å²) in [6.45, 7) is 0. The van der Waals surface area contributed by atoms with Crippen molar-refractivity contribution in [1.82, 2.24) is 20.6 Å². The summed E-state index contributed by atoms with van der Waals surface area (Å²) in [6, 6.07) is 17.7. The Hall–Kier alpha value is -2.82. The van der Waals surface area contributed by atoms with Gasteiger partial charge in [-0.05, 0) is 35.0 Å². The number of aromatic nitrogens is 4. The SMILES string of the molecule is N#CC(=CNc1ccccc1SCc1cccc(Cl)c1)c1nn[nH]n1. The van der Waals surface area contributed by atoms with Gasteiger partial charge in [0.25, 0.3) is 0 Å². The number of hydrogen-bond donors (Lipinski definition) is 2. The number of aromatic amines is 1. The topological polar surface area (TPSA) is 90.3 Å². The first-order valence-electron chi connectivity index (χ1n) is 7.33. The van der Waals surface area contributed by atoms with Gasteiger partial charge in [0.05, 0.1) is 5.69 Å². The van der Waals surface area contributed by atoms with Crippen molar-refractivity contribution >= 4 is 34.6 Å². The zero-order valence-corrected chi connectivity index (χ0v) is 14.6. The first-order chi connectivity index (χ1) is 12.3. The van der Waals surface area contributed by atoms with Crippen LogP contribution in [-0.2, 0) is 5.75 Å². The highest BCUT2D eigenvalue weighted by Gasteiger charge is 2.07. The van der Waals surface area contributed by atoms with Crippen molar-refractivity contribution in [3.63, 3.8) is 0 Å². The smallest absolute Gasteiger partial charge is 0.216 e. The van der Waals surface area contributed by atoms with Crippen LogP contribution >= 0.6 is 23.4 Å². The number of nitriles is 1. The van der Waals surface area contributed by atoms with Gasteiger partial charge < -0.3 is 5.32 Å². The van der Waals surface area contributed by atoms with Crippen LogP contribution < -0.4 is 5.32 Å². The first kappa shape index (κ1) is 17.0. The Labute approximate surface area is 153 Å². The maximum atomic E-state index is 9.23. The van der Waals surface area contributed by atoms with Gasteiger partial charge in [-0.15, -0.1) is 22.0 Å². The van der Waals surface area contributed by atoms with Gasteiger partial charge in [-0.1, -0.05) is 35.9 Å². The molecular formula is C17H13ClN6S. The number of tetrazole rings is 1. The Balaban J connectivity index is 1.74. The fraction of sp³-hybridized carbons (Fsp3) is 0.0588.